The Morgan fingerprint density at radius 2 is 1.95 bits per heavy atom. The van der Waals surface area contributed by atoms with Gasteiger partial charge in [0.1, 0.15) is 16.9 Å². The number of amides is 1. The number of nitrogens with zero attached hydrogens (tertiary/aromatic N) is 1. The normalized spacial score (nSPS) is 29.1. The first-order chi connectivity index (χ1) is 9.73. The molecule has 2 aliphatic rings. The maximum absolute atomic E-state index is 12.6. The van der Waals surface area contributed by atoms with E-state index in [-0.39, 0.29) is 18.2 Å². The van der Waals surface area contributed by atoms with Crippen molar-refractivity contribution in [2.75, 3.05) is 14.2 Å². The van der Waals surface area contributed by atoms with Gasteiger partial charge in [0.05, 0.1) is 0 Å². The fourth-order valence-corrected chi connectivity index (χ4v) is 3.56. The van der Waals surface area contributed by atoms with Crippen molar-refractivity contribution in [2.45, 2.75) is 69.9 Å². The number of ketones is 1. The van der Waals surface area contributed by atoms with Crippen LogP contribution in [0.15, 0.2) is 0 Å². The highest BCUT2D eigenvalue weighted by Gasteiger charge is 2.59. The molecule has 0 N–H and O–H groups in total. The van der Waals surface area contributed by atoms with Crippen molar-refractivity contribution in [3.8, 4) is 0 Å². The molecule has 2 unspecified atom stereocenters. The third-order valence-corrected chi connectivity index (χ3v) is 4.18. The van der Waals surface area contributed by atoms with Crippen LogP contribution in [0.4, 0.5) is 4.79 Å². The third kappa shape index (κ3) is 2.92. The summed E-state index contributed by atoms with van der Waals surface area (Å²) >= 11 is 0. The molecule has 2 aliphatic heterocycles. The van der Waals surface area contributed by atoms with Crippen molar-refractivity contribution in [3.05, 3.63) is 0 Å². The van der Waals surface area contributed by atoms with Crippen molar-refractivity contribution >= 4 is 11.9 Å². The number of piperidine rings is 1. The van der Waals surface area contributed by atoms with Crippen LogP contribution < -0.4 is 0 Å². The molecule has 0 radical (unpaired) electrons. The highest BCUT2D eigenvalue weighted by Crippen LogP contribution is 2.46. The number of carbonyl (C=O) groups excluding carboxylic acids is 2. The number of hydrogen-bond acceptors (Lipinski definition) is 5. The number of hydrogen-bond donors (Lipinski definition) is 0. The van der Waals surface area contributed by atoms with Gasteiger partial charge in [-0.1, -0.05) is 0 Å². The molecule has 0 saturated carbocycles. The van der Waals surface area contributed by atoms with Crippen LogP contribution >= 0.6 is 0 Å². The van der Waals surface area contributed by atoms with Crippen molar-refractivity contribution in [3.63, 3.8) is 0 Å². The van der Waals surface area contributed by atoms with Crippen molar-refractivity contribution in [2.24, 2.45) is 0 Å². The summed E-state index contributed by atoms with van der Waals surface area (Å²) in [5.74, 6) is 0.149. The number of methoxy groups -OCH3 is 2. The number of Topliss-reactive ketones (excluding diaryl/α,β-unsaturated/α-hetero) is 1. The Morgan fingerprint density at radius 1 is 1.33 bits per heavy atom. The van der Waals surface area contributed by atoms with E-state index in [9.17, 15) is 9.59 Å². The molecule has 120 valence electrons. The molecule has 2 heterocycles. The first-order valence-electron chi connectivity index (χ1n) is 7.33. The van der Waals surface area contributed by atoms with Gasteiger partial charge in [-0.05, 0) is 33.6 Å². The van der Waals surface area contributed by atoms with Gasteiger partial charge in [-0.2, -0.15) is 0 Å². The Morgan fingerprint density at radius 3 is 2.48 bits per heavy atom. The Bertz CT molecular complexity index is 426. The van der Waals surface area contributed by atoms with Gasteiger partial charge in [0, 0.05) is 33.1 Å². The zero-order valence-corrected chi connectivity index (χ0v) is 13.5. The maximum Gasteiger partial charge on any atom is 0.411 e. The Kier molecular flexibility index (Phi) is 4.31. The average Bonchev–Trinajstić information content (AvgIpc) is 2.59. The molecule has 2 bridgehead atoms. The molecule has 0 aromatic heterocycles. The van der Waals surface area contributed by atoms with E-state index in [1.165, 1.54) is 14.2 Å². The molecule has 21 heavy (non-hydrogen) atoms. The minimum atomic E-state index is -0.744. The predicted molar refractivity (Wildman–Crippen MR) is 75.9 cm³/mol. The van der Waals surface area contributed by atoms with Crippen LogP contribution in [0.1, 0.15) is 46.5 Å². The molecule has 2 atom stereocenters. The van der Waals surface area contributed by atoms with E-state index >= 15 is 0 Å². The summed E-state index contributed by atoms with van der Waals surface area (Å²) in [5, 5.41) is 0. The summed E-state index contributed by atoms with van der Waals surface area (Å²) in [6.07, 6.45) is 1.09. The molecule has 0 spiro atoms. The number of fused-ring (bicyclic) bond motifs is 2. The van der Waals surface area contributed by atoms with Gasteiger partial charge in [-0.3, -0.25) is 9.69 Å². The number of ether oxygens (including phenoxy) is 3. The molecule has 6 heteroatoms. The molecule has 2 saturated heterocycles. The van der Waals surface area contributed by atoms with E-state index in [2.05, 4.69) is 0 Å². The van der Waals surface area contributed by atoms with Gasteiger partial charge in [-0.25, -0.2) is 4.79 Å². The zero-order valence-electron chi connectivity index (χ0n) is 13.5. The Labute approximate surface area is 125 Å². The monoisotopic (exact) mass is 299 g/mol. The quantitative estimate of drug-likeness (QED) is 0.747. The average molecular weight is 299 g/mol. The highest BCUT2D eigenvalue weighted by atomic mass is 16.7. The summed E-state index contributed by atoms with van der Waals surface area (Å²) in [6.45, 7) is 5.50. The fourth-order valence-electron chi connectivity index (χ4n) is 3.56. The van der Waals surface area contributed by atoms with Crippen LogP contribution in [0, 0.1) is 0 Å². The lowest BCUT2D eigenvalue weighted by molar-refractivity contribution is -0.189. The molecular formula is C15H25NO5. The Balaban J connectivity index is 2.33. The van der Waals surface area contributed by atoms with Crippen LogP contribution in [0.25, 0.3) is 0 Å². The van der Waals surface area contributed by atoms with E-state index in [0.29, 0.717) is 12.8 Å². The summed E-state index contributed by atoms with van der Waals surface area (Å²) < 4.78 is 16.3. The van der Waals surface area contributed by atoms with Gasteiger partial charge in [0.25, 0.3) is 0 Å². The van der Waals surface area contributed by atoms with Crippen LogP contribution in [0.2, 0.25) is 0 Å². The van der Waals surface area contributed by atoms with E-state index in [4.69, 9.17) is 14.2 Å². The number of carbonyl (C=O) groups is 2. The number of rotatable bonds is 3. The summed E-state index contributed by atoms with van der Waals surface area (Å²) in [7, 11) is 3.06. The van der Waals surface area contributed by atoms with Crippen molar-refractivity contribution in [1.29, 1.82) is 0 Å². The summed E-state index contributed by atoms with van der Waals surface area (Å²) in [4.78, 5) is 26.3. The lowest BCUT2D eigenvalue weighted by Crippen LogP contribution is -2.62. The minimum absolute atomic E-state index is 0.117. The molecule has 2 rings (SSSR count). The zero-order chi connectivity index (χ0) is 15.8. The molecule has 0 aliphatic carbocycles. The minimum Gasteiger partial charge on any atom is -0.444 e. The molecule has 1 amide bonds. The lowest BCUT2D eigenvalue weighted by atomic mass is 9.87. The summed E-state index contributed by atoms with van der Waals surface area (Å²) in [6, 6.07) is -0.117. The second-order valence-corrected chi connectivity index (χ2v) is 6.87. The van der Waals surface area contributed by atoms with E-state index in [0.717, 1.165) is 6.42 Å². The standard InChI is InChI=1S/C15H25NO5/c1-14(2,3)21-13(18)16-10-6-7-15(16,9-11(17)8-10)12(19-4)20-5/h10,12H,6-9H2,1-5H3. The second-order valence-electron chi connectivity index (χ2n) is 6.87. The van der Waals surface area contributed by atoms with Gasteiger partial charge in [0.15, 0.2) is 6.29 Å². The second kappa shape index (κ2) is 5.57. The van der Waals surface area contributed by atoms with Crippen LogP contribution in [0.3, 0.4) is 0 Å². The smallest absolute Gasteiger partial charge is 0.411 e. The first-order valence-corrected chi connectivity index (χ1v) is 7.33. The largest absolute Gasteiger partial charge is 0.444 e. The molecule has 2 fully saturated rings. The van der Waals surface area contributed by atoms with Gasteiger partial charge in [-0.15, -0.1) is 0 Å². The fraction of sp³-hybridized carbons (Fsp3) is 0.867. The SMILES string of the molecule is COC(OC)C12CCC(CC(=O)C1)N2C(=O)OC(C)(C)C. The van der Waals surface area contributed by atoms with E-state index in [1.807, 2.05) is 20.8 Å². The molecular weight excluding hydrogens is 274 g/mol. The lowest BCUT2D eigenvalue weighted by Gasteiger charge is -2.46. The van der Waals surface area contributed by atoms with Gasteiger partial charge >= 0.3 is 6.09 Å². The summed E-state index contributed by atoms with van der Waals surface area (Å²) in [5.41, 5.74) is -1.32. The third-order valence-electron chi connectivity index (χ3n) is 4.18. The first kappa shape index (κ1) is 16.2. The Hall–Kier alpha value is -1.14. The predicted octanol–water partition coefficient (Wildman–Crippen LogP) is 2.11. The topological polar surface area (TPSA) is 65.1 Å². The molecule has 0 aromatic rings. The van der Waals surface area contributed by atoms with Crippen LogP contribution in [-0.4, -0.2) is 54.5 Å². The van der Waals surface area contributed by atoms with Crippen LogP contribution in [-0.2, 0) is 19.0 Å². The van der Waals surface area contributed by atoms with Gasteiger partial charge in [0.2, 0.25) is 0 Å². The van der Waals surface area contributed by atoms with Crippen molar-refractivity contribution < 1.29 is 23.8 Å². The maximum atomic E-state index is 12.6. The molecule has 6 nitrogen and oxygen atoms in total. The highest BCUT2D eigenvalue weighted by molar-refractivity contribution is 5.85. The van der Waals surface area contributed by atoms with Gasteiger partial charge < -0.3 is 14.2 Å². The van der Waals surface area contributed by atoms with Crippen LogP contribution in [0.5, 0.6) is 0 Å². The molecule has 0 aromatic carbocycles. The van der Waals surface area contributed by atoms with E-state index in [1.54, 1.807) is 4.90 Å². The van der Waals surface area contributed by atoms with E-state index < -0.39 is 23.5 Å². The van der Waals surface area contributed by atoms with Crippen molar-refractivity contribution in [1.82, 2.24) is 4.90 Å².